The molecule has 0 bridgehead atoms. The van der Waals surface area contributed by atoms with Gasteiger partial charge < -0.3 is 10.8 Å². The maximum Gasteiger partial charge on any atom is 0.264 e. The highest BCUT2D eigenvalue weighted by atomic mass is 32.2. The molecular weight excluding hydrogens is 320 g/mol. The van der Waals surface area contributed by atoms with Crippen molar-refractivity contribution in [2.24, 2.45) is 5.73 Å². The second-order valence-electron chi connectivity index (χ2n) is 4.76. The number of phenolic OH excluding ortho intramolecular Hbond substituents is 1. The fraction of sp³-hybridized carbons (Fsp3) is 0.0667. The van der Waals surface area contributed by atoms with Crippen molar-refractivity contribution in [2.45, 2.75) is 11.3 Å². The minimum atomic E-state index is -4.00. The van der Waals surface area contributed by atoms with E-state index in [-0.39, 0.29) is 17.1 Å². The van der Waals surface area contributed by atoms with Crippen LogP contribution in [0.5, 0.6) is 5.75 Å². The number of primary amides is 1. The fourth-order valence-corrected chi connectivity index (χ4v) is 2.83. The van der Waals surface area contributed by atoms with Crippen molar-refractivity contribution in [3.8, 4) is 5.75 Å². The monoisotopic (exact) mass is 334 g/mol. The smallest absolute Gasteiger partial charge is 0.264 e. The van der Waals surface area contributed by atoms with Crippen LogP contribution in [0.4, 0.5) is 0 Å². The van der Waals surface area contributed by atoms with Crippen molar-refractivity contribution >= 4 is 21.8 Å². The minimum absolute atomic E-state index is 0.0789. The fourth-order valence-electron chi connectivity index (χ4n) is 1.84. The third kappa shape index (κ3) is 4.30. The lowest BCUT2D eigenvalue weighted by Crippen LogP contribution is -2.31. The van der Waals surface area contributed by atoms with Crippen molar-refractivity contribution in [2.75, 3.05) is 0 Å². The molecule has 0 aliphatic carbocycles. The van der Waals surface area contributed by atoms with Gasteiger partial charge in [-0.2, -0.15) is 0 Å². The second-order valence-corrected chi connectivity index (χ2v) is 6.44. The van der Waals surface area contributed by atoms with Crippen molar-refractivity contribution in [3.63, 3.8) is 0 Å². The van der Waals surface area contributed by atoms with E-state index >= 15 is 0 Å². The Labute approximate surface area is 132 Å². The van der Waals surface area contributed by atoms with Crippen LogP contribution in [0, 0.1) is 0 Å². The van der Waals surface area contributed by atoms with E-state index in [4.69, 9.17) is 10.8 Å². The first-order valence-electron chi connectivity index (χ1n) is 6.51. The molecule has 0 heterocycles. The number of sulfonamides is 1. The number of nitrogens with one attached hydrogen (secondary N) is 1. The van der Waals surface area contributed by atoms with Crippen LogP contribution in [-0.2, 0) is 21.2 Å². The Morgan fingerprint density at radius 2 is 1.57 bits per heavy atom. The van der Waals surface area contributed by atoms with Gasteiger partial charge in [0.15, 0.2) is 0 Å². The van der Waals surface area contributed by atoms with Crippen LogP contribution in [0.1, 0.15) is 15.9 Å². The molecule has 0 fully saturated rings. The highest BCUT2D eigenvalue weighted by Gasteiger charge is 2.17. The van der Waals surface area contributed by atoms with Crippen molar-refractivity contribution in [3.05, 3.63) is 59.7 Å². The molecule has 2 aromatic carbocycles. The molecule has 0 aromatic heterocycles. The molecule has 0 aliphatic rings. The zero-order valence-electron chi connectivity index (χ0n) is 11.9. The molecule has 120 valence electrons. The summed E-state index contributed by atoms with van der Waals surface area (Å²) in [7, 11) is -4.00. The summed E-state index contributed by atoms with van der Waals surface area (Å²) in [6, 6.07) is 10.8. The van der Waals surface area contributed by atoms with E-state index in [9.17, 15) is 18.0 Å². The largest absolute Gasteiger partial charge is 0.508 e. The van der Waals surface area contributed by atoms with Gasteiger partial charge in [-0.15, -0.1) is 0 Å². The number of carbonyl (C=O) groups is 2. The number of carbonyl (C=O) groups excluding carboxylic acids is 2. The summed E-state index contributed by atoms with van der Waals surface area (Å²) in [5.41, 5.74) is 5.94. The van der Waals surface area contributed by atoms with E-state index in [1.807, 2.05) is 4.72 Å². The van der Waals surface area contributed by atoms with Crippen LogP contribution < -0.4 is 10.5 Å². The molecule has 0 radical (unpaired) electrons. The predicted molar refractivity (Wildman–Crippen MR) is 82.1 cm³/mol. The van der Waals surface area contributed by atoms with E-state index in [0.717, 1.165) is 0 Å². The number of nitrogens with two attached hydrogens (primary N) is 1. The Hall–Kier alpha value is -2.87. The summed E-state index contributed by atoms with van der Waals surface area (Å²) in [6.45, 7) is 0. The van der Waals surface area contributed by atoms with Gasteiger partial charge in [0.05, 0.1) is 11.3 Å². The van der Waals surface area contributed by atoms with Crippen LogP contribution in [-0.4, -0.2) is 25.3 Å². The van der Waals surface area contributed by atoms with Crippen molar-refractivity contribution in [1.29, 1.82) is 0 Å². The van der Waals surface area contributed by atoms with Gasteiger partial charge in [0.2, 0.25) is 11.8 Å². The summed E-state index contributed by atoms with van der Waals surface area (Å²) in [4.78, 5) is 22.7. The summed E-state index contributed by atoms with van der Waals surface area (Å²) in [5, 5.41) is 9.15. The number of phenols is 1. The lowest BCUT2D eigenvalue weighted by atomic mass is 10.1. The first kappa shape index (κ1) is 16.5. The molecule has 2 amide bonds. The zero-order valence-corrected chi connectivity index (χ0v) is 12.7. The number of hydrogen-bond acceptors (Lipinski definition) is 5. The van der Waals surface area contributed by atoms with E-state index in [2.05, 4.69) is 0 Å². The minimum Gasteiger partial charge on any atom is -0.508 e. The number of amides is 2. The molecule has 0 saturated carbocycles. The van der Waals surface area contributed by atoms with Crippen molar-refractivity contribution < 1.29 is 23.1 Å². The summed E-state index contributed by atoms with van der Waals surface area (Å²) < 4.78 is 26.0. The molecule has 8 heteroatoms. The summed E-state index contributed by atoms with van der Waals surface area (Å²) in [6.07, 6.45) is -0.170. The molecule has 0 unspecified atom stereocenters. The van der Waals surface area contributed by atoms with E-state index < -0.39 is 21.8 Å². The lowest BCUT2D eigenvalue weighted by molar-refractivity contribution is -0.118. The molecule has 0 spiro atoms. The Balaban J connectivity index is 2.06. The lowest BCUT2D eigenvalue weighted by Gasteiger charge is -2.07. The number of rotatable bonds is 5. The van der Waals surface area contributed by atoms with Gasteiger partial charge >= 0.3 is 0 Å². The van der Waals surface area contributed by atoms with Crippen LogP contribution in [0.2, 0.25) is 0 Å². The predicted octanol–water partition coefficient (Wildman–Crippen LogP) is 0.539. The molecule has 0 aliphatic heterocycles. The van der Waals surface area contributed by atoms with Gasteiger partial charge in [-0.1, -0.05) is 12.1 Å². The van der Waals surface area contributed by atoms with Gasteiger partial charge in [-0.3, -0.25) is 9.59 Å². The summed E-state index contributed by atoms with van der Waals surface area (Å²) >= 11 is 0. The first-order chi connectivity index (χ1) is 10.8. The maximum absolute atomic E-state index is 12.0. The number of hydrogen-bond donors (Lipinski definition) is 3. The first-order valence-corrected chi connectivity index (χ1v) is 8.00. The molecule has 4 N–H and O–H groups in total. The normalized spacial score (nSPS) is 11.0. The summed E-state index contributed by atoms with van der Waals surface area (Å²) in [5.74, 6) is -1.38. The van der Waals surface area contributed by atoms with Gasteiger partial charge in [0.25, 0.3) is 10.0 Å². The average molecular weight is 334 g/mol. The van der Waals surface area contributed by atoms with Gasteiger partial charge in [0.1, 0.15) is 5.75 Å². The standard InChI is InChI=1S/C15H14N2O5S/c16-15(20)11-3-1-10(2-4-11)9-14(19)17-23(21,22)13-7-5-12(18)6-8-13/h1-8,18H,9H2,(H2,16,20)(H,17,19). The van der Waals surface area contributed by atoms with Gasteiger partial charge in [-0.25, -0.2) is 13.1 Å². The van der Waals surface area contributed by atoms with E-state index in [0.29, 0.717) is 11.1 Å². The Morgan fingerprint density at radius 3 is 2.09 bits per heavy atom. The van der Waals surface area contributed by atoms with Crippen molar-refractivity contribution in [1.82, 2.24) is 4.72 Å². The third-order valence-electron chi connectivity index (χ3n) is 3.00. The third-order valence-corrected chi connectivity index (χ3v) is 4.39. The second kappa shape index (κ2) is 6.49. The molecule has 0 atom stereocenters. The van der Waals surface area contributed by atoms with Gasteiger partial charge in [-0.05, 0) is 42.0 Å². The highest BCUT2D eigenvalue weighted by Crippen LogP contribution is 2.14. The molecule has 2 aromatic rings. The Kier molecular flexibility index (Phi) is 4.65. The van der Waals surface area contributed by atoms with Crippen LogP contribution in [0.3, 0.4) is 0 Å². The quantitative estimate of drug-likeness (QED) is 0.735. The highest BCUT2D eigenvalue weighted by molar-refractivity contribution is 7.90. The Bertz CT molecular complexity index is 827. The topological polar surface area (TPSA) is 127 Å². The number of aromatic hydroxyl groups is 1. The molecule has 0 saturated heterocycles. The van der Waals surface area contributed by atoms with Crippen LogP contribution in [0.15, 0.2) is 53.4 Å². The van der Waals surface area contributed by atoms with Crippen LogP contribution in [0.25, 0.3) is 0 Å². The molecule has 23 heavy (non-hydrogen) atoms. The SMILES string of the molecule is NC(=O)c1ccc(CC(=O)NS(=O)(=O)c2ccc(O)cc2)cc1. The number of benzene rings is 2. The van der Waals surface area contributed by atoms with Gasteiger partial charge in [0, 0.05) is 5.56 Å². The van der Waals surface area contributed by atoms with Crippen LogP contribution >= 0.6 is 0 Å². The molecule has 2 rings (SSSR count). The zero-order chi connectivity index (χ0) is 17.0. The molecular formula is C15H14N2O5S. The average Bonchev–Trinajstić information content (AvgIpc) is 2.47. The molecule has 7 nitrogen and oxygen atoms in total. The van der Waals surface area contributed by atoms with E-state index in [1.165, 1.54) is 48.5 Å². The Morgan fingerprint density at radius 1 is 1.00 bits per heavy atom. The van der Waals surface area contributed by atoms with E-state index in [1.54, 1.807) is 0 Å². The maximum atomic E-state index is 12.0.